The maximum absolute atomic E-state index is 11.2. The van der Waals surface area contributed by atoms with Crippen LogP contribution in [0.25, 0.3) is 0 Å². The summed E-state index contributed by atoms with van der Waals surface area (Å²) in [5.74, 6) is -0.242. The van der Waals surface area contributed by atoms with Gasteiger partial charge in [-0.15, -0.1) is 10.2 Å². The Labute approximate surface area is 110 Å². The topological polar surface area (TPSA) is 64.5 Å². The highest BCUT2D eigenvalue weighted by molar-refractivity contribution is 7.15. The second-order valence-electron chi connectivity index (χ2n) is 4.05. The van der Waals surface area contributed by atoms with Crippen LogP contribution in [0, 0.1) is 0 Å². The van der Waals surface area contributed by atoms with E-state index in [1.165, 1.54) is 7.11 Å². The van der Waals surface area contributed by atoms with Gasteiger partial charge in [0.05, 0.1) is 26.2 Å². The van der Waals surface area contributed by atoms with Gasteiger partial charge in [-0.05, 0) is 6.42 Å². The fourth-order valence-electron chi connectivity index (χ4n) is 1.80. The fraction of sp³-hybridized carbons (Fsp3) is 0.727. The van der Waals surface area contributed by atoms with Crippen molar-refractivity contribution < 1.29 is 14.3 Å². The van der Waals surface area contributed by atoms with Gasteiger partial charge in [-0.25, -0.2) is 0 Å². The Bertz CT molecular complexity index is 410. The lowest BCUT2D eigenvalue weighted by atomic mass is 10.2. The molecule has 0 N–H and O–H groups in total. The van der Waals surface area contributed by atoms with E-state index in [2.05, 4.69) is 26.8 Å². The molecule has 1 aromatic rings. The molecule has 100 valence electrons. The maximum atomic E-state index is 11.2. The lowest BCUT2D eigenvalue weighted by molar-refractivity contribution is -0.144. The van der Waals surface area contributed by atoms with Gasteiger partial charge in [-0.2, -0.15) is 0 Å². The number of aryl methyl sites for hydroxylation is 1. The summed E-state index contributed by atoms with van der Waals surface area (Å²) in [6.45, 7) is 4.11. The number of hydrogen-bond acceptors (Lipinski definition) is 7. The molecule has 1 aliphatic heterocycles. The van der Waals surface area contributed by atoms with Gasteiger partial charge < -0.3 is 14.4 Å². The third-order valence-corrected chi connectivity index (χ3v) is 3.92. The minimum absolute atomic E-state index is 0.125. The van der Waals surface area contributed by atoms with E-state index in [0.29, 0.717) is 13.2 Å². The number of anilines is 1. The van der Waals surface area contributed by atoms with Crippen molar-refractivity contribution in [1.82, 2.24) is 10.2 Å². The fourth-order valence-corrected chi connectivity index (χ4v) is 2.61. The van der Waals surface area contributed by atoms with Crippen molar-refractivity contribution in [2.75, 3.05) is 31.7 Å². The Hall–Kier alpha value is -1.21. The third kappa shape index (κ3) is 3.17. The quantitative estimate of drug-likeness (QED) is 0.757. The van der Waals surface area contributed by atoms with Crippen LogP contribution in [0.15, 0.2) is 0 Å². The second kappa shape index (κ2) is 6.10. The van der Waals surface area contributed by atoms with Gasteiger partial charge in [-0.3, -0.25) is 4.79 Å². The van der Waals surface area contributed by atoms with Gasteiger partial charge in [0.1, 0.15) is 5.01 Å². The Balaban J connectivity index is 1.95. The van der Waals surface area contributed by atoms with Crippen LogP contribution in [0.2, 0.25) is 0 Å². The van der Waals surface area contributed by atoms with E-state index in [9.17, 15) is 4.79 Å². The number of esters is 1. The summed E-state index contributed by atoms with van der Waals surface area (Å²) in [6, 6.07) is 0. The molecule has 0 bridgehead atoms. The first-order chi connectivity index (χ1) is 8.72. The van der Waals surface area contributed by atoms with Crippen LogP contribution in [0.5, 0.6) is 0 Å². The van der Waals surface area contributed by atoms with Crippen molar-refractivity contribution in [3.63, 3.8) is 0 Å². The number of morpholine rings is 1. The van der Waals surface area contributed by atoms with E-state index in [1.54, 1.807) is 11.3 Å². The zero-order valence-corrected chi connectivity index (χ0v) is 11.4. The molecule has 1 aromatic heterocycles. The SMILES string of the molecule is CCc1nnc(N2CCOC(CC(=O)OC)C2)s1. The summed E-state index contributed by atoms with van der Waals surface area (Å²) in [7, 11) is 1.39. The molecule has 1 aliphatic rings. The number of nitrogens with zero attached hydrogens (tertiary/aromatic N) is 3. The molecule has 0 amide bonds. The Kier molecular flexibility index (Phi) is 4.48. The van der Waals surface area contributed by atoms with Gasteiger partial charge in [0.2, 0.25) is 5.13 Å². The van der Waals surface area contributed by atoms with E-state index < -0.39 is 0 Å². The van der Waals surface area contributed by atoms with Crippen LogP contribution < -0.4 is 4.90 Å². The third-order valence-electron chi connectivity index (χ3n) is 2.79. The number of aromatic nitrogens is 2. The molecule has 18 heavy (non-hydrogen) atoms. The van der Waals surface area contributed by atoms with E-state index >= 15 is 0 Å². The minimum atomic E-state index is -0.242. The number of ether oxygens (including phenoxy) is 2. The molecule has 1 unspecified atom stereocenters. The average Bonchev–Trinajstić information content (AvgIpc) is 2.87. The van der Waals surface area contributed by atoms with Crippen LogP contribution >= 0.6 is 11.3 Å². The van der Waals surface area contributed by atoms with Gasteiger partial charge in [0.25, 0.3) is 0 Å². The van der Waals surface area contributed by atoms with Crippen molar-refractivity contribution in [1.29, 1.82) is 0 Å². The molecule has 7 heteroatoms. The zero-order valence-electron chi connectivity index (χ0n) is 10.6. The standard InChI is InChI=1S/C11H17N3O3S/c1-3-9-12-13-11(18-9)14-4-5-17-8(7-14)6-10(15)16-2/h8H,3-7H2,1-2H3. The van der Waals surface area contributed by atoms with Gasteiger partial charge in [0, 0.05) is 13.1 Å². The first-order valence-electron chi connectivity index (χ1n) is 5.98. The number of hydrogen-bond donors (Lipinski definition) is 0. The van der Waals surface area contributed by atoms with Crippen molar-refractivity contribution >= 4 is 22.4 Å². The van der Waals surface area contributed by atoms with E-state index in [-0.39, 0.29) is 18.5 Å². The monoisotopic (exact) mass is 271 g/mol. The summed E-state index contributed by atoms with van der Waals surface area (Å²) in [5, 5.41) is 10.2. The van der Waals surface area contributed by atoms with Crippen LogP contribution in [-0.4, -0.2) is 49.1 Å². The smallest absolute Gasteiger partial charge is 0.308 e. The minimum Gasteiger partial charge on any atom is -0.469 e. The molecule has 1 saturated heterocycles. The first kappa shape index (κ1) is 13.2. The van der Waals surface area contributed by atoms with Crippen LogP contribution in [0.1, 0.15) is 18.4 Å². The first-order valence-corrected chi connectivity index (χ1v) is 6.80. The number of carbonyl (C=O) groups is 1. The Morgan fingerprint density at radius 2 is 2.44 bits per heavy atom. The molecule has 2 heterocycles. The van der Waals surface area contributed by atoms with Gasteiger partial charge >= 0.3 is 5.97 Å². The summed E-state index contributed by atoms with van der Waals surface area (Å²) in [4.78, 5) is 13.3. The highest BCUT2D eigenvalue weighted by Crippen LogP contribution is 2.23. The molecule has 2 rings (SSSR count). The highest BCUT2D eigenvalue weighted by Gasteiger charge is 2.25. The molecule has 0 aliphatic carbocycles. The van der Waals surface area contributed by atoms with Crippen molar-refractivity contribution in [3.05, 3.63) is 5.01 Å². The maximum Gasteiger partial charge on any atom is 0.308 e. The molecule has 0 radical (unpaired) electrons. The Morgan fingerprint density at radius 3 is 3.11 bits per heavy atom. The number of methoxy groups -OCH3 is 1. The van der Waals surface area contributed by atoms with Gasteiger partial charge in [-0.1, -0.05) is 18.3 Å². The van der Waals surface area contributed by atoms with Crippen LogP contribution in [0.3, 0.4) is 0 Å². The molecular formula is C11H17N3O3S. The summed E-state index contributed by atoms with van der Waals surface area (Å²) >= 11 is 1.60. The summed E-state index contributed by atoms with van der Waals surface area (Å²) in [6.07, 6.45) is 1.06. The van der Waals surface area contributed by atoms with Crippen molar-refractivity contribution in [2.45, 2.75) is 25.9 Å². The second-order valence-corrected chi connectivity index (χ2v) is 5.09. The molecule has 0 saturated carbocycles. The zero-order chi connectivity index (χ0) is 13.0. The molecule has 0 aromatic carbocycles. The van der Waals surface area contributed by atoms with Crippen molar-refractivity contribution in [2.24, 2.45) is 0 Å². The lowest BCUT2D eigenvalue weighted by Gasteiger charge is -2.31. The predicted octanol–water partition coefficient (Wildman–Crippen LogP) is 0.869. The molecule has 6 nitrogen and oxygen atoms in total. The van der Waals surface area contributed by atoms with Crippen LogP contribution in [0.4, 0.5) is 5.13 Å². The normalized spacial score (nSPS) is 19.9. The number of rotatable bonds is 4. The van der Waals surface area contributed by atoms with Crippen molar-refractivity contribution in [3.8, 4) is 0 Å². The molecular weight excluding hydrogens is 254 g/mol. The van der Waals surface area contributed by atoms with E-state index in [4.69, 9.17) is 4.74 Å². The largest absolute Gasteiger partial charge is 0.469 e. The molecule has 1 atom stereocenters. The van der Waals surface area contributed by atoms with Crippen LogP contribution in [-0.2, 0) is 20.7 Å². The molecule has 0 spiro atoms. The average molecular weight is 271 g/mol. The Morgan fingerprint density at radius 1 is 1.61 bits per heavy atom. The predicted molar refractivity (Wildman–Crippen MR) is 67.9 cm³/mol. The number of carbonyl (C=O) groups excluding carboxylic acids is 1. The molecule has 1 fully saturated rings. The summed E-state index contributed by atoms with van der Waals surface area (Å²) in [5.41, 5.74) is 0. The lowest BCUT2D eigenvalue weighted by Crippen LogP contribution is -2.43. The van der Waals surface area contributed by atoms with Gasteiger partial charge in [0.15, 0.2) is 0 Å². The van der Waals surface area contributed by atoms with E-state index in [0.717, 1.165) is 23.1 Å². The van der Waals surface area contributed by atoms with E-state index in [1.807, 2.05) is 0 Å². The highest BCUT2D eigenvalue weighted by atomic mass is 32.1. The summed E-state index contributed by atoms with van der Waals surface area (Å²) < 4.78 is 10.2.